The van der Waals surface area contributed by atoms with Crippen LogP contribution in [0.2, 0.25) is 0 Å². The molecule has 3 aromatic rings. The zero-order valence-electron chi connectivity index (χ0n) is 15.6. The Morgan fingerprint density at radius 1 is 0.893 bits per heavy atom. The molecule has 0 saturated carbocycles. The second-order valence-electron chi connectivity index (χ2n) is 6.42. The number of aryl methyl sites for hydroxylation is 1. The number of halogens is 1. The summed E-state index contributed by atoms with van der Waals surface area (Å²) in [5.41, 5.74) is 3.80. The van der Waals surface area contributed by atoms with Gasteiger partial charge in [0, 0.05) is 12.2 Å². The number of carbonyl (C=O) groups is 2. The summed E-state index contributed by atoms with van der Waals surface area (Å²) >= 11 is 0. The van der Waals surface area contributed by atoms with Gasteiger partial charge in [-0.25, -0.2) is 9.37 Å². The van der Waals surface area contributed by atoms with Crippen LogP contribution in [0.25, 0.3) is 0 Å². The first-order chi connectivity index (χ1) is 13.4. The van der Waals surface area contributed by atoms with Gasteiger partial charge in [-0.2, -0.15) is 0 Å². The van der Waals surface area contributed by atoms with Crippen LogP contribution < -0.4 is 10.6 Å². The van der Waals surface area contributed by atoms with E-state index >= 15 is 0 Å². The molecule has 0 fully saturated rings. The molecule has 2 aromatic carbocycles. The monoisotopic (exact) mass is 377 g/mol. The summed E-state index contributed by atoms with van der Waals surface area (Å²) in [4.78, 5) is 29.0. The van der Waals surface area contributed by atoms with E-state index in [1.54, 1.807) is 24.3 Å². The molecule has 0 aliphatic rings. The summed E-state index contributed by atoms with van der Waals surface area (Å²) in [7, 11) is 0. The molecule has 6 heteroatoms. The van der Waals surface area contributed by atoms with Crippen molar-refractivity contribution in [1.29, 1.82) is 0 Å². The van der Waals surface area contributed by atoms with Crippen LogP contribution in [0.1, 0.15) is 37.7 Å². The molecule has 2 N–H and O–H groups in total. The van der Waals surface area contributed by atoms with E-state index in [2.05, 4.69) is 15.6 Å². The lowest BCUT2D eigenvalue weighted by atomic mass is 10.1. The first-order valence-electron chi connectivity index (χ1n) is 8.81. The lowest BCUT2D eigenvalue weighted by molar-refractivity contribution is 0.0945. The van der Waals surface area contributed by atoms with Gasteiger partial charge in [-0.1, -0.05) is 30.3 Å². The van der Waals surface area contributed by atoms with E-state index in [1.165, 1.54) is 18.2 Å². The van der Waals surface area contributed by atoms with E-state index in [9.17, 15) is 14.0 Å². The second kappa shape index (κ2) is 8.43. The number of nitrogens with zero attached hydrogens (tertiary/aromatic N) is 1. The van der Waals surface area contributed by atoms with Crippen LogP contribution in [-0.2, 0) is 6.54 Å². The number of amides is 2. The van der Waals surface area contributed by atoms with Crippen molar-refractivity contribution in [2.45, 2.75) is 20.4 Å². The van der Waals surface area contributed by atoms with Crippen molar-refractivity contribution in [3.05, 3.63) is 94.6 Å². The molecular weight excluding hydrogens is 357 g/mol. The topological polar surface area (TPSA) is 71.1 Å². The highest BCUT2D eigenvalue weighted by atomic mass is 19.1. The SMILES string of the molecule is Cc1cccc(NC(=O)c2cccc(C(=O)NCc3ccc(F)cc3)n2)c1C. The summed E-state index contributed by atoms with van der Waals surface area (Å²) in [5, 5.41) is 5.54. The number of pyridine rings is 1. The van der Waals surface area contributed by atoms with Crippen molar-refractivity contribution in [2.75, 3.05) is 5.32 Å². The highest BCUT2D eigenvalue weighted by Gasteiger charge is 2.13. The van der Waals surface area contributed by atoms with Gasteiger partial charge in [-0.3, -0.25) is 9.59 Å². The maximum Gasteiger partial charge on any atom is 0.274 e. The minimum absolute atomic E-state index is 0.135. The minimum Gasteiger partial charge on any atom is -0.347 e. The molecule has 0 spiro atoms. The molecule has 5 nitrogen and oxygen atoms in total. The third-order valence-corrected chi connectivity index (χ3v) is 4.43. The van der Waals surface area contributed by atoms with Gasteiger partial charge >= 0.3 is 0 Å². The number of carbonyl (C=O) groups excluding carboxylic acids is 2. The Kier molecular flexibility index (Phi) is 5.79. The van der Waals surface area contributed by atoms with Gasteiger partial charge < -0.3 is 10.6 Å². The van der Waals surface area contributed by atoms with Gasteiger partial charge in [0.15, 0.2) is 0 Å². The van der Waals surface area contributed by atoms with Gasteiger partial charge in [-0.05, 0) is 60.9 Å². The first kappa shape index (κ1) is 19.2. The van der Waals surface area contributed by atoms with Crippen molar-refractivity contribution < 1.29 is 14.0 Å². The van der Waals surface area contributed by atoms with E-state index < -0.39 is 5.91 Å². The van der Waals surface area contributed by atoms with E-state index in [1.807, 2.05) is 32.0 Å². The summed E-state index contributed by atoms with van der Waals surface area (Å²) in [6.45, 7) is 4.13. The van der Waals surface area contributed by atoms with Gasteiger partial charge in [0.2, 0.25) is 0 Å². The number of nitrogens with one attached hydrogen (secondary N) is 2. The Morgan fingerprint density at radius 3 is 2.25 bits per heavy atom. The summed E-state index contributed by atoms with van der Waals surface area (Å²) < 4.78 is 12.9. The van der Waals surface area contributed by atoms with Gasteiger partial charge in [0.1, 0.15) is 17.2 Å². The van der Waals surface area contributed by atoms with Crippen molar-refractivity contribution in [2.24, 2.45) is 0 Å². The van der Waals surface area contributed by atoms with Crippen LogP contribution in [0, 0.1) is 19.7 Å². The molecule has 2 amide bonds. The molecule has 0 aliphatic heterocycles. The average molecular weight is 377 g/mol. The van der Waals surface area contributed by atoms with Crippen LogP contribution in [-0.4, -0.2) is 16.8 Å². The van der Waals surface area contributed by atoms with E-state index in [0.29, 0.717) is 5.69 Å². The Bertz CT molecular complexity index is 1020. The van der Waals surface area contributed by atoms with Gasteiger partial charge in [0.25, 0.3) is 11.8 Å². The van der Waals surface area contributed by atoms with Crippen LogP contribution >= 0.6 is 0 Å². The average Bonchev–Trinajstić information content (AvgIpc) is 2.71. The summed E-state index contributed by atoms with van der Waals surface area (Å²) in [6.07, 6.45) is 0. The van der Waals surface area contributed by atoms with E-state index in [-0.39, 0.29) is 29.7 Å². The third kappa shape index (κ3) is 4.59. The quantitative estimate of drug-likeness (QED) is 0.705. The van der Waals surface area contributed by atoms with E-state index in [0.717, 1.165) is 16.7 Å². The predicted octanol–water partition coefficient (Wildman–Crippen LogP) is 4.02. The molecule has 0 unspecified atom stereocenters. The Morgan fingerprint density at radius 2 is 1.54 bits per heavy atom. The van der Waals surface area contributed by atoms with Crippen molar-refractivity contribution in [1.82, 2.24) is 10.3 Å². The minimum atomic E-state index is -0.411. The fraction of sp³-hybridized carbons (Fsp3) is 0.136. The standard InChI is InChI=1S/C22H20FN3O2/c1-14-5-3-6-18(15(14)2)26-22(28)20-8-4-7-19(25-20)21(27)24-13-16-9-11-17(23)12-10-16/h3-12H,13H2,1-2H3,(H,24,27)(H,26,28). The molecule has 0 saturated heterocycles. The molecular formula is C22H20FN3O2. The Balaban J connectivity index is 1.68. The van der Waals surface area contributed by atoms with Crippen LogP contribution in [0.5, 0.6) is 0 Å². The molecule has 1 heterocycles. The summed E-state index contributed by atoms with van der Waals surface area (Å²) in [6, 6.07) is 16.2. The smallest absolute Gasteiger partial charge is 0.274 e. The Hall–Kier alpha value is -3.54. The first-order valence-corrected chi connectivity index (χ1v) is 8.81. The molecule has 142 valence electrons. The van der Waals surface area contributed by atoms with Gasteiger partial charge in [-0.15, -0.1) is 0 Å². The van der Waals surface area contributed by atoms with Crippen molar-refractivity contribution >= 4 is 17.5 Å². The number of hydrogen-bond donors (Lipinski definition) is 2. The fourth-order valence-corrected chi connectivity index (χ4v) is 2.64. The lowest BCUT2D eigenvalue weighted by Crippen LogP contribution is -2.25. The van der Waals surface area contributed by atoms with Crippen molar-refractivity contribution in [3.8, 4) is 0 Å². The number of anilines is 1. The maximum atomic E-state index is 12.9. The highest BCUT2D eigenvalue weighted by Crippen LogP contribution is 2.18. The molecule has 0 aliphatic carbocycles. The Labute approximate surface area is 162 Å². The van der Waals surface area contributed by atoms with Crippen LogP contribution in [0.4, 0.5) is 10.1 Å². The number of rotatable bonds is 5. The highest BCUT2D eigenvalue weighted by molar-refractivity contribution is 6.04. The van der Waals surface area contributed by atoms with Crippen LogP contribution in [0.15, 0.2) is 60.7 Å². The third-order valence-electron chi connectivity index (χ3n) is 4.43. The molecule has 0 bridgehead atoms. The maximum absolute atomic E-state index is 12.9. The van der Waals surface area contributed by atoms with E-state index in [4.69, 9.17) is 0 Å². The summed E-state index contributed by atoms with van der Waals surface area (Å²) in [5.74, 6) is -1.13. The molecule has 1 aromatic heterocycles. The van der Waals surface area contributed by atoms with Crippen LogP contribution in [0.3, 0.4) is 0 Å². The zero-order valence-corrected chi connectivity index (χ0v) is 15.6. The largest absolute Gasteiger partial charge is 0.347 e. The molecule has 0 atom stereocenters. The number of hydrogen-bond acceptors (Lipinski definition) is 3. The molecule has 0 radical (unpaired) electrons. The normalized spacial score (nSPS) is 10.4. The number of benzene rings is 2. The number of aromatic nitrogens is 1. The molecule has 3 rings (SSSR count). The fourth-order valence-electron chi connectivity index (χ4n) is 2.64. The predicted molar refractivity (Wildman–Crippen MR) is 106 cm³/mol. The lowest BCUT2D eigenvalue weighted by Gasteiger charge is -2.10. The van der Waals surface area contributed by atoms with Gasteiger partial charge in [0.05, 0.1) is 0 Å². The van der Waals surface area contributed by atoms with Crippen molar-refractivity contribution in [3.63, 3.8) is 0 Å². The zero-order chi connectivity index (χ0) is 20.1. The molecule has 28 heavy (non-hydrogen) atoms. The second-order valence-corrected chi connectivity index (χ2v) is 6.42.